The number of rotatable bonds is 1. The summed E-state index contributed by atoms with van der Waals surface area (Å²) in [6, 6.07) is 0.511. The Morgan fingerprint density at radius 2 is 2.00 bits per heavy atom. The smallest absolute Gasteiger partial charge is 0.00416 e. The van der Waals surface area contributed by atoms with E-state index >= 15 is 0 Å². The van der Waals surface area contributed by atoms with E-state index in [4.69, 9.17) is 5.73 Å². The summed E-state index contributed by atoms with van der Waals surface area (Å²) in [7, 11) is 0. The molecule has 2 N–H and O–H groups in total. The van der Waals surface area contributed by atoms with E-state index in [1.165, 1.54) is 19.3 Å². The van der Waals surface area contributed by atoms with Gasteiger partial charge in [0.25, 0.3) is 0 Å². The predicted octanol–water partition coefficient (Wildman–Crippen LogP) is 1.77. The predicted molar refractivity (Wildman–Crippen MR) is 40.2 cm³/mol. The van der Waals surface area contributed by atoms with Gasteiger partial charge in [-0.3, -0.25) is 0 Å². The molecule has 0 aromatic heterocycles. The molecule has 1 aliphatic rings. The van der Waals surface area contributed by atoms with Crippen LogP contribution in [0.1, 0.15) is 33.1 Å². The first-order chi connectivity index (χ1) is 4.20. The highest BCUT2D eigenvalue weighted by Gasteiger charge is 2.23. The second kappa shape index (κ2) is 2.70. The molecule has 1 fully saturated rings. The maximum Gasteiger partial charge on any atom is 0.00416 e. The lowest BCUT2D eigenvalue weighted by Gasteiger charge is -2.12. The second-order valence-electron chi connectivity index (χ2n) is 3.58. The zero-order chi connectivity index (χ0) is 6.85. The van der Waals surface area contributed by atoms with E-state index in [0.717, 1.165) is 11.8 Å². The number of hydrogen-bond donors (Lipinski definition) is 1. The molecule has 0 heterocycles. The van der Waals surface area contributed by atoms with Gasteiger partial charge in [-0.1, -0.05) is 13.8 Å². The minimum absolute atomic E-state index is 0.511. The third-order valence-corrected chi connectivity index (χ3v) is 2.46. The van der Waals surface area contributed by atoms with E-state index in [0.29, 0.717) is 6.04 Å². The Hall–Kier alpha value is -0.0400. The lowest BCUT2D eigenvalue weighted by molar-refractivity contribution is 0.391. The van der Waals surface area contributed by atoms with Gasteiger partial charge in [0.2, 0.25) is 0 Å². The van der Waals surface area contributed by atoms with E-state index in [1.807, 2.05) is 0 Å². The van der Waals surface area contributed by atoms with Crippen molar-refractivity contribution in [2.24, 2.45) is 17.6 Å². The molecule has 1 saturated carbocycles. The van der Waals surface area contributed by atoms with Crippen molar-refractivity contribution in [1.82, 2.24) is 0 Å². The molecule has 0 aromatic rings. The molecular weight excluding hydrogens is 110 g/mol. The number of nitrogens with two attached hydrogens (primary N) is 1. The molecular formula is C8H17N. The van der Waals surface area contributed by atoms with Crippen molar-refractivity contribution in [3.8, 4) is 0 Å². The molecule has 9 heavy (non-hydrogen) atoms. The van der Waals surface area contributed by atoms with Crippen LogP contribution in [0.25, 0.3) is 0 Å². The first kappa shape index (κ1) is 7.07. The molecule has 2 atom stereocenters. The zero-order valence-electron chi connectivity index (χ0n) is 6.43. The minimum atomic E-state index is 0.511. The molecule has 0 unspecified atom stereocenters. The fourth-order valence-corrected chi connectivity index (χ4v) is 1.66. The van der Waals surface area contributed by atoms with Crippen molar-refractivity contribution in [2.75, 3.05) is 0 Å². The van der Waals surface area contributed by atoms with Crippen LogP contribution < -0.4 is 5.73 Å². The highest BCUT2D eigenvalue weighted by atomic mass is 14.6. The molecule has 54 valence electrons. The van der Waals surface area contributed by atoms with Crippen LogP contribution in [0.3, 0.4) is 0 Å². The highest BCUT2D eigenvalue weighted by molar-refractivity contribution is 4.79. The van der Waals surface area contributed by atoms with Crippen LogP contribution in [-0.4, -0.2) is 6.04 Å². The molecule has 0 aliphatic heterocycles. The van der Waals surface area contributed by atoms with Gasteiger partial charge in [-0.15, -0.1) is 0 Å². The lowest BCUT2D eigenvalue weighted by Crippen LogP contribution is -2.15. The zero-order valence-corrected chi connectivity index (χ0v) is 6.43. The summed E-state index contributed by atoms with van der Waals surface area (Å²) in [4.78, 5) is 0. The summed E-state index contributed by atoms with van der Waals surface area (Å²) < 4.78 is 0. The van der Waals surface area contributed by atoms with Crippen molar-refractivity contribution in [3.05, 3.63) is 0 Å². The van der Waals surface area contributed by atoms with Gasteiger partial charge in [-0.25, -0.2) is 0 Å². The van der Waals surface area contributed by atoms with Crippen molar-refractivity contribution < 1.29 is 0 Å². The number of hydrogen-bond acceptors (Lipinski definition) is 1. The Bertz CT molecular complexity index is 88.6. The monoisotopic (exact) mass is 127 g/mol. The topological polar surface area (TPSA) is 26.0 Å². The molecule has 1 nitrogen and oxygen atoms in total. The summed E-state index contributed by atoms with van der Waals surface area (Å²) in [6.45, 7) is 4.59. The third kappa shape index (κ3) is 1.68. The van der Waals surface area contributed by atoms with Crippen molar-refractivity contribution in [2.45, 2.75) is 39.2 Å². The minimum Gasteiger partial charge on any atom is -0.328 e. The van der Waals surface area contributed by atoms with Crippen LogP contribution in [0.15, 0.2) is 0 Å². The van der Waals surface area contributed by atoms with Crippen LogP contribution in [-0.2, 0) is 0 Å². The van der Waals surface area contributed by atoms with Gasteiger partial charge in [0.15, 0.2) is 0 Å². The molecule has 1 heteroatoms. The summed E-state index contributed by atoms with van der Waals surface area (Å²) in [6.07, 6.45) is 3.87. The van der Waals surface area contributed by atoms with Gasteiger partial charge in [0.1, 0.15) is 0 Å². The van der Waals surface area contributed by atoms with Crippen LogP contribution in [0, 0.1) is 11.8 Å². The van der Waals surface area contributed by atoms with Gasteiger partial charge in [0, 0.05) is 6.04 Å². The maximum atomic E-state index is 5.76. The summed E-state index contributed by atoms with van der Waals surface area (Å²) in [5, 5.41) is 0. The first-order valence-corrected chi connectivity index (χ1v) is 3.95. The first-order valence-electron chi connectivity index (χ1n) is 3.95. The van der Waals surface area contributed by atoms with Crippen molar-refractivity contribution in [3.63, 3.8) is 0 Å². The maximum absolute atomic E-state index is 5.76. The average Bonchev–Trinajstić information content (AvgIpc) is 2.14. The average molecular weight is 127 g/mol. The van der Waals surface area contributed by atoms with Gasteiger partial charge >= 0.3 is 0 Å². The molecule has 0 aromatic carbocycles. The van der Waals surface area contributed by atoms with Crippen LogP contribution in [0.4, 0.5) is 0 Å². The van der Waals surface area contributed by atoms with Crippen LogP contribution in [0.5, 0.6) is 0 Å². The molecule has 1 aliphatic carbocycles. The summed E-state index contributed by atoms with van der Waals surface area (Å²) >= 11 is 0. The van der Waals surface area contributed by atoms with Gasteiger partial charge in [-0.05, 0) is 31.1 Å². The van der Waals surface area contributed by atoms with E-state index in [9.17, 15) is 0 Å². The molecule has 0 radical (unpaired) electrons. The van der Waals surface area contributed by atoms with E-state index in [1.54, 1.807) is 0 Å². The van der Waals surface area contributed by atoms with Gasteiger partial charge in [-0.2, -0.15) is 0 Å². The fraction of sp³-hybridized carbons (Fsp3) is 1.00. The SMILES string of the molecule is CC(C)[C@@H]1CC[C@@H](N)C1. The Kier molecular flexibility index (Phi) is 2.12. The lowest BCUT2D eigenvalue weighted by atomic mass is 9.94. The van der Waals surface area contributed by atoms with Gasteiger partial charge < -0.3 is 5.73 Å². The second-order valence-corrected chi connectivity index (χ2v) is 3.58. The molecule has 0 spiro atoms. The third-order valence-electron chi connectivity index (χ3n) is 2.46. The Labute approximate surface area is 57.6 Å². The quantitative estimate of drug-likeness (QED) is 0.570. The normalized spacial score (nSPS) is 36.0. The highest BCUT2D eigenvalue weighted by Crippen LogP contribution is 2.29. The van der Waals surface area contributed by atoms with Crippen LogP contribution in [0.2, 0.25) is 0 Å². The largest absolute Gasteiger partial charge is 0.328 e. The fourth-order valence-electron chi connectivity index (χ4n) is 1.66. The standard InChI is InChI=1S/C8H17N/c1-6(2)7-3-4-8(9)5-7/h6-8H,3-5,9H2,1-2H3/t7-,8-/m1/s1. The Balaban J connectivity index is 2.30. The van der Waals surface area contributed by atoms with E-state index in [2.05, 4.69) is 13.8 Å². The Morgan fingerprint density at radius 1 is 1.33 bits per heavy atom. The van der Waals surface area contributed by atoms with Crippen molar-refractivity contribution in [1.29, 1.82) is 0 Å². The van der Waals surface area contributed by atoms with E-state index in [-0.39, 0.29) is 0 Å². The summed E-state index contributed by atoms with van der Waals surface area (Å²) in [5.74, 6) is 1.76. The van der Waals surface area contributed by atoms with Gasteiger partial charge in [0.05, 0.1) is 0 Å². The molecule has 1 rings (SSSR count). The molecule has 0 bridgehead atoms. The van der Waals surface area contributed by atoms with Crippen LogP contribution >= 0.6 is 0 Å². The van der Waals surface area contributed by atoms with E-state index < -0.39 is 0 Å². The molecule has 0 saturated heterocycles. The molecule has 0 amide bonds. The van der Waals surface area contributed by atoms with Crippen molar-refractivity contribution >= 4 is 0 Å². The Morgan fingerprint density at radius 3 is 2.22 bits per heavy atom. The summed E-state index contributed by atoms with van der Waals surface area (Å²) in [5.41, 5.74) is 5.76.